The summed E-state index contributed by atoms with van der Waals surface area (Å²) < 4.78 is 10.7. The zero-order valence-electron chi connectivity index (χ0n) is 11.8. The van der Waals surface area contributed by atoms with E-state index < -0.39 is 0 Å². The average molecular weight is 274 g/mol. The van der Waals surface area contributed by atoms with E-state index in [0.29, 0.717) is 5.76 Å². The Morgan fingerprint density at radius 3 is 2.60 bits per heavy atom. The maximum Gasteiger partial charge on any atom is 0.232 e. The summed E-state index contributed by atoms with van der Waals surface area (Å²) in [5, 5.41) is 2.81. The summed E-state index contributed by atoms with van der Waals surface area (Å²) in [6.07, 6.45) is 1.65. The smallest absolute Gasteiger partial charge is 0.232 e. The molecule has 0 spiro atoms. The Labute approximate surface area is 118 Å². The minimum absolute atomic E-state index is 0.130. The molecule has 106 valence electrons. The van der Waals surface area contributed by atoms with Crippen LogP contribution < -0.4 is 10.1 Å². The van der Waals surface area contributed by atoms with E-state index in [1.165, 1.54) is 6.39 Å². The molecular formula is C15H18N2O3. The molecular weight excluding hydrogens is 256 g/mol. The third-order valence-electron chi connectivity index (χ3n) is 2.68. The number of nitrogens with zero attached hydrogens (tertiary/aromatic N) is 1. The van der Waals surface area contributed by atoms with Crippen molar-refractivity contribution in [2.24, 2.45) is 0 Å². The molecule has 0 saturated heterocycles. The number of hydrogen-bond acceptors (Lipinski definition) is 4. The second-order valence-corrected chi connectivity index (χ2v) is 4.78. The Balaban J connectivity index is 1.93. The number of carbonyl (C=O) groups excluding carboxylic acids is 1. The maximum atomic E-state index is 11.9. The van der Waals surface area contributed by atoms with Gasteiger partial charge < -0.3 is 14.5 Å². The van der Waals surface area contributed by atoms with E-state index in [1.807, 2.05) is 45.0 Å². The Kier molecular flexibility index (Phi) is 4.40. The highest BCUT2D eigenvalue weighted by Crippen LogP contribution is 2.17. The fourth-order valence-corrected chi connectivity index (χ4v) is 1.74. The van der Waals surface area contributed by atoms with Gasteiger partial charge in [-0.05, 0) is 45.0 Å². The van der Waals surface area contributed by atoms with Crippen molar-refractivity contribution in [3.8, 4) is 5.75 Å². The second kappa shape index (κ2) is 6.23. The molecule has 5 nitrogen and oxygen atoms in total. The van der Waals surface area contributed by atoms with Gasteiger partial charge >= 0.3 is 0 Å². The molecule has 0 atom stereocenters. The predicted octanol–water partition coefficient (Wildman–Crippen LogP) is 2.95. The van der Waals surface area contributed by atoms with E-state index >= 15 is 0 Å². The molecule has 1 aromatic carbocycles. The summed E-state index contributed by atoms with van der Waals surface area (Å²) in [7, 11) is 0. The third kappa shape index (κ3) is 3.85. The summed E-state index contributed by atoms with van der Waals surface area (Å²) in [4.78, 5) is 15.8. The minimum Gasteiger partial charge on any atom is -0.491 e. The van der Waals surface area contributed by atoms with Crippen LogP contribution in [0.15, 0.2) is 35.1 Å². The summed E-state index contributed by atoms with van der Waals surface area (Å²) in [5.74, 6) is 1.23. The van der Waals surface area contributed by atoms with E-state index in [0.717, 1.165) is 17.1 Å². The normalized spacial score (nSPS) is 10.6. The number of hydrogen-bond donors (Lipinski definition) is 1. The van der Waals surface area contributed by atoms with E-state index in [4.69, 9.17) is 9.15 Å². The van der Waals surface area contributed by atoms with Gasteiger partial charge in [0.25, 0.3) is 0 Å². The highest BCUT2D eigenvalue weighted by Gasteiger charge is 2.10. The van der Waals surface area contributed by atoms with Crippen LogP contribution in [0.1, 0.15) is 25.3 Å². The molecule has 0 unspecified atom stereocenters. The van der Waals surface area contributed by atoms with Gasteiger partial charge in [-0.25, -0.2) is 4.98 Å². The van der Waals surface area contributed by atoms with Crippen molar-refractivity contribution in [2.75, 3.05) is 5.32 Å². The number of aromatic nitrogens is 1. The molecule has 1 aromatic heterocycles. The summed E-state index contributed by atoms with van der Waals surface area (Å²) in [6.45, 7) is 5.75. The van der Waals surface area contributed by atoms with Crippen molar-refractivity contribution in [3.05, 3.63) is 42.1 Å². The standard InChI is InChI=1S/C15H18N2O3/c1-10(2)20-13-6-4-12(5-7-13)17-15(18)8-14-11(3)16-9-19-14/h4-7,9-10H,8H2,1-3H3,(H,17,18). The molecule has 1 heterocycles. The average Bonchev–Trinajstić information content (AvgIpc) is 2.77. The Hall–Kier alpha value is -2.30. The molecule has 1 amide bonds. The van der Waals surface area contributed by atoms with Crippen LogP contribution in [0.3, 0.4) is 0 Å². The molecule has 0 aliphatic rings. The topological polar surface area (TPSA) is 64.4 Å². The monoisotopic (exact) mass is 274 g/mol. The van der Waals surface area contributed by atoms with Crippen LogP contribution in [-0.4, -0.2) is 17.0 Å². The highest BCUT2D eigenvalue weighted by atomic mass is 16.5. The van der Waals surface area contributed by atoms with Gasteiger partial charge in [-0.1, -0.05) is 0 Å². The number of nitrogens with one attached hydrogen (secondary N) is 1. The highest BCUT2D eigenvalue weighted by molar-refractivity contribution is 5.92. The van der Waals surface area contributed by atoms with Gasteiger partial charge in [-0.2, -0.15) is 0 Å². The van der Waals surface area contributed by atoms with Gasteiger partial charge in [0.2, 0.25) is 5.91 Å². The Morgan fingerprint density at radius 1 is 1.35 bits per heavy atom. The van der Waals surface area contributed by atoms with Gasteiger partial charge in [-0.15, -0.1) is 0 Å². The molecule has 1 N–H and O–H groups in total. The quantitative estimate of drug-likeness (QED) is 0.910. The molecule has 2 aromatic rings. The van der Waals surface area contributed by atoms with Crippen LogP contribution in [0, 0.1) is 6.92 Å². The third-order valence-corrected chi connectivity index (χ3v) is 2.68. The van der Waals surface area contributed by atoms with Crippen molar-refractivity contribution < 1.29 is 13.9 Å². The van der Waals surface area contributed by atoms with Crippen LogP contribution in [0.4, 0.5) is 5.69 Å². The van der Waals surface area contributed by atoms with E-state index in [9.17, 15) is 4.79 Å². The molecule has 0 bridgehead atoms. The number of oxazole rings is 1. The number of aryl methyl sites for hydroxylation is 1. The molecule has 0 saturated carbocycles. The molecule has 20 heavy (non-hydrogen) atoms. The first-order chi connectivity index (χ1) is 9.54. The first-order valence-electron chi connectivity index (χ1n) is 6.50. The molecule has 0 aliphatic heterocycles. The lowest BCUT2D eigenvalue weighted by Gasteiger charge is -2.10. The fraction of sp³-hybridized carbons (Fsp3) is 0.333. The lowest BCUT2D eigenvalue weighted by molar-refractivity contribution is -0.115. The lowest BCUT2D eigenvalue weighted by atomic mass is 10.2. The second-order valence-electron chi connectivity index (χ2n) is 4.78. The fourth-order valence-electron chi connectivity index (χ4n) is 1.74. The zero-order chi connectivity index (χ0) is 14.5. The number of ether oxygens (including phenoxy) is 1. The zero-order valence-corrected chi connectivity index (χ0v) is 11.8. The predicted molar refractivity (Wildman–Crippen MR) is 75.8 cm³/mol. The first kappa shape index (κ1) is 14.1. The van der Waals surface area contributed by atoms with E-state index in [2.05, 4.69) is 10.3 Å². The molecule has 0 radical (unpaired) electrons. The van der Waals surface area contributed by atoms with Crippen LogP contribution in [0.25, 0.3) is 0 Å². The van der Waals surface area contributed by atoms with Gasteiger partial charge in [0.15, 0.2) is 6.39 Å². The summed E-state index contributed by atoms with van der Waals surface area (Å²) in [6, 6.07) is 7.27. The Morgan fingerprint density at radius 2 is 2.05 bits per heavy atom. The number of anilines is 1. The van der Waals surface area contributed by atoms with Crippen molar-refractivity contribution >= 4 is 11.6 Å². The van der Waals surface area contributed by atoms with Gasteiger partial charge in [0.1, 0.15) is 11.5 Å². The van der Waals surface area contributed by atoms with E-state index in [-0.39, 0.29) is 18.4 Å². The number of amides is 1. The number of carbonyl (C=O) groups is 1. The van der Waals surface area contributed by atoms with Crippen molar-refractivity contribution in [2.45, 2.75) is 33.3 Å². The Bertz CT molecular complexity index is 573. The van der Waals surface area contributed by atoms with Crippen molar-refractivity contribution in [1.82, 2.24) is 4.98 Å². The van der Waals surface area contributed by atoms with Crippen molar-refractivity contribution in [1.29, 1.82) is 0 Å². The van der Waals surface area contributed by atoms with Gasteiger partial charge in [0.05, 0.1) is 18.2 Å². The molecule has 0 fully saturated rings. The SMILES string of the molecule is Cc1ncoc1CC(=O)Nc1ccc(OC(C)C)cc1. The van der Waals surface area contributed by atoms with Gasteiger partial charge in [0, 0.05) is 5.69 Å². The lowest BCUT2D eigenvalue weighted by Crippen LogP contribution is -2.14. The van der Waals surface area contributed by atoms with Crippen LogP contribution >= 0.6 is 0 Å². The molecule has 0 aliphatic carbocycles. The molecule has 2 rings (SSSR count). The van der Waals surface area contributed by atoms with Crippen LogP contribution in [0.5, 0.6) is 5.75 Å². The molecule has 5 heteroatoms. The van der Waals surface area contributed by atoms with Crippen LogP contribution in [-0.2, 0) is 11.2 Å². The maximum absolute atomic E-state index is 11.9. The van der Waals surface area contributed by atoms with Gasteiger partial charge in [-0.3, -0.25) is 4.79 Å². The summed E-state index contributed by atoms with van der Waals surface area (Å²) in [5.41, 5.74) is 1.46. The van der Waals surface area contributed by atoms with Crippen molar-refractivity contribution in [3.63, 3.8) is 0 Å². The number of rotatable bonds is 5. The van der Waals surface area contributed by atoms with Crippen LogP contribution in [0.2, 0.25) is 0 Å². The first-order valence-corrected chi connectivity index (χ1v) is 6.50. The van der Waals surface area contributed by atoms with E-state index in [1.54, 1.807) is 0 Å². The largest absolute Gasteiger partial charge is 0.491 e. The minimum atomic E-state index is -0.137. The summed E-state index contributed by atoms with van der Waals surface area (Å²) >= 11 is 0. The number of benzene rings is 1.